The van der Waals surface area contributed by atoms with E-state index in [1.54, 1.807) is 6.07 Å². The minimum atomic E-state index is -3.79. The Labute approximate surface area is 129 Å². The molecule has 0 fully saturated rings. The van der Waals surface area contributed by atoms with E-state index in [0.717, 1.165) is 5.56 Å². The molecule has 0 saturated carbocycles. The number of ether oxygens (including phenoxy) is 1. The molecule has 6 nitrogen and oxygen atoms in total. The SMILES string of the molecule is Nc1cccc(S(=O)(=O)NCC(=O)OCc2ccccc2)c1. The van der Waals surface area contributed by atoms with Gasteiger partial charge in [0.2, 0.25) is 10.0 Å². The van der Waals surface area contributed by atoms with Crippen LogP contribution >= 0.6 is 0 Å². The first-order chi connectivity index (χ1) is 10.5. The van der Waals surface area contributed by atoms with Crippen molar-refractivity contribution >= 4 is 21.7 Å². The number of anilines is 1. The number of nitrogens with one attached hydrogen (secondary N) is 1. The molecule has 0 spiro atoms. The highest BCUT2D eigenvalue weighted by atomic mass is 32.2. The summed E-state index contributed by atoms with van der Waals surface area (Å²) in [7, 11) is -3.79. The third-order valence-corrected chi connectivity index (χ3v) is 4.22. The van der Waals surface area contributed by atoms with Crippen molar-refractivity contribution in [2.75, 3.05) is 12.3 Å². The molecule has 0 amide bonds. The van der Waals surface area contributed by atoms with Gasteiger partial charge in [-0.3, -0.25) is 4.79 Å². The highest BCUT2D eigenvalue weighted by molar-refractivity contribution is 7.89. The lowest BCUT2D eigenvalue weighted by Gasteiger charge is -2.08. The van der Waals surface area contributed by atoms with E-state index in [0.29, 0.717) is 5.69 Å². The highest BCUT2D eigenvalue weighted by Gasteiger charge is 2.16. The van der Waals surface area contributed by atoms with Crippen molar-refractivity contribution in [3.8, 4) is 0 Å². The summed E-state index contributed by atoms with van der Waals surface area (Å²) in [5, 5.41) is 0. The molecule has 2 aromatic carbocycles. The van der Waals surface area contributed by atoms with Crippen molar-refractivity contribution in [1.29, 1.82) is 0 Å². The van der Waals surface area contributed by atoms with Gasteiger partial charge in [-0.2, -0.15) is 4.72 Å². The van der Waals surface area contributed by atoms with Crippen LogP contribution in [0.25, 0.3) is 0 Å². The Hall–Kier alpha value is -2.38. The van der Waals surface area contributed by atoms with Crippen molar-refractivity contribution in [2.24, 2.45) is 0 Å². The van der Waals surface area contributed by atoms with E-state index >= 15 is 0 Å². The summed E-state index contributed by atoms with van der Waals surface area (Å²) >= 11 is 0. The van der Waals surface area contributed by atoms with Gasteiger partial charge in [-0.25, -0.2) is 8.42 Å². The second kappa shape index (κ2) is 7.06. The molecule has 0 aromatic heterocycles. The molecule has 0 aliphatic rings. The standard InChI is InChI=1S/C15H16N2O4S/c16-13-7-4-8-14(9-13)22(19,20)17-10-15(18)21-11-12-5-2-1-3-6-12/h1-9,17H,10-11,16H2. The number of benzene rings is 2. The van der Waals surface area contributed by atoms with Crippen LogP contribution in [0, 0.1) is 0 Å². The molecule has 0 saturated heterocycles. The van der Waals surface area contributed by atoms with Crippen molar-refractivity contribution in [3.63, 3.8) is 0 Å². The van der Waals surface area contributed by atoms with Crippen molar-refractivity contribution < 1.29 is 17.9 Å². The zero-order valence-corrected chi connectivity index (χ0v) is 12.5. The van der Waals surface area contributed by atoms with E-state index in [1.807, 2.05) is 30.3 Å². The van der Waals surface area contributed by atoms with Crippen LogP contribution in [-0.2, 0) is 26.2 Å². The quantitative estimate of drug-likeness (QED) is 0.617. The van der Waals surface area contributed by atoms with E-state index in [2.05, 4.69) is 4.72 Å². The monoisotopic (exact) mass is 320 g/mol. The minimum Gasteiger partial charge on any atom is -0.460 e. The smallest absolute Gasteiger partial charge is 0.321 e. The van der Waals surface area contributed by atoms with Crippen LogP contribution in [-0.4, -0.2) is 20.9 Å². The van der Waals surface area contributed by atoms with E-state index < -0.39 is 22.5 Å². The number of nitrogen functional groups attached to an aromatic ring is 1. The van der Waals surface area contributed by atoms with Crippen molar-refractivity contribution in [1.82, 2.24) is 4.72 Å². The Kier molecular flexibility index (Phi) is 5.13. The van der Waals surface area contributed by atoms with Crippen LogP contribution in [0.5, 0.6) is 0 Å². The highest BCUT2D eigenvalue weighted by Crippen LogP contribution is 2.12. The number of esters is 1. The molecular weight excluding hydrogens is 304 g/mol. The molecule has 3 N–H and O–H groups in total. The lowest BCUT2D eigenvalue weighted by Crippen LogP contribution is -2.30. The first-order valence-electron chi connectivity index (χ1n) is 6.52. The van der Waals surface area contributed by atoms with Gasteiger partial charge in [-0.1, -0.05) is 36.4 Å². The summed E-state index contributed by atoms with van der Waals surface area (Å²) in [6.07, 6.45) is 0. The van der Waals surface area contributed by atoms with Crippen molar-refractivity contribution in [2.45, 2.75) is 11.5 Å². The first-order valence-corrected chi connectivity index (χ1v) is 8.00. The van der Waals surface area contributed by atoms with Crippen molar-refractivity contribution in [3.05, 3.63) is 60.2 Å². The summed E-state index contributed by atoms with van der Waals surface area (Å²) in [5.41, 5.74) is 6.70. The predicted molar refractivity (Wildman–Crippen MR) is 82.3 cm³/mol. The molecule has 0 bridgehead atoms. The number of rotatable bonds is 6. The molecule has 0 aliphatic heterocycles. The second-order valence-electron chi connectivity index (χ2n) is 4.54. The van der Waals surface area contributed by atoms with E-state index in [-0.39, 0.29) is 11.5 Å². The molecule has 0 radical (unpaired) electrons. The average molecular weight is 320 g/mol. The minimum absolute atomic E-state index is 0.00311. The van der Waals surface area contributed by atoms with Crippen LogP contribution in [0.1, 0.15) is 5.56 Å². The number of nitrogens with two attached hydrogens (primary N) is 1. The van der Waals surface area contributed by atoms with Gasteiger partial charge in [0.1, 0.15) is 13.2 Å². The van der Waals surface area contributed by atoms with Gasteiger partial charge >= 0.3 is 5.97 Å². The summed E-state index contributed by atoms with van der Waals surface area (Å²) in [4.78, 5) is 11.6. The van der Waals surface area contributed by atoms with Crippen LogP contribution in [0.2, 0.25) is 0 Å². The number of hydrogen-bond donors (Lipinski definition) is 2. The fourth-order valence-electron chi connectivity index (χ4n) is 1.71. The van der Waals surface area contributed by atoms with Crippen LogP contribution in [0.3, 0.4) is 0 Å². The Morgan fingerprint density at radius 3 is 2.50 bits per heavy atom. The summed E-state index contributed by atoms with van der Waals surface area (Å²) in [6, 6.07) is 14.9. The molecule has 22 heavy (non-hydrogen) atoms. The number of sulfonamides is 1. The molecule has 2 aromatic rings. The van der Waals surface area contributed by atoms with Gasteiger partial charge < -0.3 is 10.5 Å². The maximum absolute atomic E-state index is 12.0. The Balaban J connectivity index is 1.88. The molecule has 0 aliphatic carbocycles. The molecule has 7 heteroatoms. The zero-order valence-electron chi connectivity index (χ0n) is 11.7. The fraction of sp³-hybridized carbons (Fsp3) is 0.133. The normalized spacial score (nSPS) is 11.1. The second-order valence-corrected chi connectivity index (χ2v) is 6.31. The van der Waals surface area contributed by atoms with E-state index in [4.69, 9.17) is 10.5 Å². The van der Waals surface area contributed by atoms with E-state index in [9.17, 15) is 13.2 Å². The number of hydrogen-bond acceptors (Lipinski definition) is 5. The summed E-state index contributed by atoms with van der Waals surface area (Å²) in [6.45, 7) is -0.344. The van der Waals surface area contributed by atoms with Crippen LogP contribution < -0.4 is 10.5 Å². The average Bonchev–Trinajstić information content (AvgIpc) is 2.52. The molecule has 116 valence electrons. The lowest BCUT2D eigenvalue weighted by molar-refractivity contribution is -0.143. The number of carbonyl (C=O) groups is 1. The maximum atomic E-state index is 12.0. The Morgan fingerprint density at radius 2 is 1.82 bits per heavy atom. The first kappa shape index (κ1) is 16.0. The van der Waals surface area contributed by atoms with Gasteiger partial charge in [-0.15, -0.1) is 0 Å². The third kappa shape index (κ3) is 4.57. The van der Waals surface area contributed by atoms with Gasteiger partial charge in [-0.05, 0) is 23.8 Å². The van der Waals surface area contributed by atoms with Gasteiger partial charge in [0.05, 0.1) is 4.90 Å². The summed E-state index contributed by atoms with van der Waals surface area (Å²) in [5.74, 6) is -0.656. The Bertz CT molecular complexity index is 745. The molecule has 0 unspecified atom stereocenters. The maximum Gasteiger partial charge on any atom is 0.321 e. The van der Waals surface area contributed by atoms with Gasteiger partial charge in [0.15, 0.2) is 0 Å². The summed E-state index contributed by atoms with van der Waals surface area (Å²) < 4.78 is 31.2. The predicted octanol–water partition coefficient (Wildman–Crippen LogP) is 1.29. The topological polar surface area (TPSA) is 98.5 Å². The lowest BCUT2D eigenvalue weighted by atomic mass is 10.2. The number of carbonyl (C=O) groups excluding carboxylic acids is 1. The van der Waals surface area contributed by atoms with Crippen LogP contribution in [0.4, 0.5) is 5.69 Å². The molecular formula is C15H16N2O4S. The molecule has 0 heterocycles. The van der Waals surface area contributed by atoms with Gasteiger partial charge in [0, 0.05) is 5.69 Å². The van der Waals surface area contributed by atoms with Crippen LogP contribution in [0.15, 0.2) is 59.5 Å². The van der Waals surface area contributed by atoms with Gasteiger partial charge in [0.25, 0.3) is 0 Å². The third-order valence-electron chi connectivity index (χ3n) is 2.82. The Morgan fingerprint density at radius 1 is 1.09 bits per heavy atom. The zero-order chi connectivity index (χ0) is 16.0. The largest absolute Gasteiger partial charge is 0.460 e. The van der Waals surface area contributed by atoms with E-state index in [1.165, 1.54) is 18.2 Å². The fourth-order valence-corrected chi connectivity index (χ4v) is 2.73. The molecule has 0 atom stereocenters. The molecule has 2 rings (SSSR count).